The number of ether oxygens (including phenoxy) is 2. The predicted octanol–water partition coefficient (Wildman–Crippen LogP) is -0.0442. The van der Waals surface area contributed by atoms with Gasteiger partial charge in [0.15, 0.2) is 0 Å². The first-order chi connectivity index (χ1) is 6.25. The van der Waals surface area contributed by atoms with E-state index >= 15 is 0 Å². The number of hydrogen-bond donors (Lipinski definition) is 2. The van der Waals surface area contributed by atoms with Crippen LogP contribution in [0.4, 0.5) is 4.79 Å². The molecule has 1 atom stereocenters. The molecule has 14 heavy (non-hydrogen) atoms. The Kier molecular flexibility index (Phi) is 4.36. The highest BCUT2D eigenvalue weighted by Gasteiger charge is 2.28. The van der Waals surface area contributed by atoms with Crippen LogP contribution < -0.4 is 11.5 Å². The van der Waals surface area contributed by atoms with Gasteiger partial charge in [0.1, 0.15) is 6.04 Å². The van der Waals surface area contributed by atoms with E-state index in [4.69, 9.17) is 5.73 Å². The molecule has 0 radical (unpaired) electrons. The number of esters is 1. The van der Waals surface area contributed by atoms with Gasteiger partial charge in [0.05, 0.1) is 0 Å². The Morgan fingerprint density at radius 1 is 1.29 bits per heavy atom. The highest BCUT2D eigenvalue weighted by Crippen LogP contribution is 2.17. The van der Waals surface area contributed by atoms with Crippen LogP contribution in [0.3, 0.4) is 0 Å². The number of carbonyl (C=O) groups excluding carboxylic acids is 2. The molecule has 4 N–H and O–H groups in total. The summed E-state index contributed by atoms with van der Waals surface area (Å²) in [7, 11) is 0. The fraction of sp³-hybridized carbons (Fsp3) is 0.750. The van der Waals surface area contributed by atoms with E-state index in [1.54, 1.807) is 20.8 Å². The lowest BCUT2D eigenvalue weighted by atomic mass is 9.87. The Morgan fingerprint density at radius 3 is 2.14 bits per heavy atom. The van der Waals surface area contributed by atoms with Crippen LogP contribution in [0.2, 0.25) is 0 Å². The SMILES string of the molecule is CC(C)(C)C(N)C(=O)OCOC(N)=O. The van der Waals surface area contributed by atoms with Gasteiger partial charge >= 0.3 is 12.1 Å². The monoisotopic (exact) mass is 204 g/mol. The van der Waals surface area contributed by atoms with E-state index in [-0.39, 0.29) is 0 Å². The van der Waals surface area contributed by atoms with Crippen molar-refractivity contribution >= 4 is 12.1 Å². The first-order valence-electron chi connectivity index (χ1n) is 4.09. The van der Waals surface area contributed by atoms with E-state index in [2.05, 4.69) is 15.2 Å². The molecule has 0 aliphatic rings. The zero-order valence-corrected chi connectivity index (χ0v) is 8.57. The summed E-state index contributed by atoms with van der Waals surface area (Å²) in [5.41, 5.74) is 9.82. The molecule has 0 aromatic rings. The average molecular weight is 204 g/mol. The number of hydrogen-bond acceptors (Lipinski definition) is 5. The lowest BCUT2D eigenvalue weighted by Gasteiger charge is -2.24. The largest absolute Gasteiger partial charge is 0.427 e. The highest BCUT2D eigenvalue weighted by molar-refractivity contribution is 5.76. The molecule has 0 spiro atoms. The number of rotatable bonds is 3. The molecule has 0 aromatic heterocycles. The van der Waals surface area contributed by atoms with E-state index in [0.29, 0.717) is 0 Å². The molecule has 82 valence electrons. The lowest BCUT2D eigenvalue weighted by molar-refractivity contribution is -0.155. The first kappa shape index (κ1) is 12.7. The summed E-state index contributed by atoms with van der Waals surface area (Å²) < 4.78 is 8.77. The van der Waals surface area contributed by atoms with Crippen molar-refractivity contribution in [2.75, 3.05) is 6.79 Å². The normalized spacial score (nSPS) is 13.1. The summed E-state index contributed by atoms with van der Waals surface area (Å²) in [5.74, 6) is -0.626. The van der Waals surface area contributed by atoms with Crippen LogP contribution in [0, 0.1) is 5.41 Å². The van der Waals surface area contributed by atoms with Crippen LogP contribution in [0.1, 0.15) is 20.8 Å². The Balaban J connectivity index is 3.91. The summed E-state index contributed by atoms with van der Waals surface area (Å²) in [6.07, 6.45) is -0.998. The van der Waals surface area contributed by atoms with Crippen molar-refractivity contribution in [2.24, 2.45) is 16.9 Å². The van der Waals surface area contributed by atoms with Gasteiger partial charge in [0, 0.05) is 0 Å². The molecule has 0 saturated heterocycles. The summed E-state index contributed by atoms with van der Waals surface area (Å²) in [6.45, 7) is 4.90. The van der Waals surface area contributed by atoms with E-state index in [1.807, 2.05) is 0 Å². The molecular weight excluding hydrogens is 188 g/mol. The minimum absolute atomic E-state index is 0.399. The molecule has 0 aliphatic heterocycles. The maximum Gasteiger partial charge on any atom is 0.407 e. The molecule has 0 bridgehead atoms. The van der Waals surface area contributed by atoms with Crippen LogP contribution in [0.15, 0.2) is 0 Å². The Bertz CT molecular complexity index is 222. The highest BCUT2D eigenvalue weighted by atomic mass is 16.7. The van der Waals surface area contributed by atoms with Crippen LogP contribution in [0.25, 0.3) is 0 Å². The second-order valence-corrected chi connectivity index (χ2v) is 3.89. The Labute approximate surface area is 82.5 Å². The smallest absolute Gasteiger partial charge is 0.407 e. The van der Waals surface area contributed by atoms with Crippen molar-refractivity contribution in [3.05, 3.63) is 0 Å². The zero-order chi connectivity index (χ0) is 11.4. The zero-order valence-electron chi connectivity index (χ0n) is 8.57. The summed E-state index contributed by atoms with van der Waals surface area (Å²) >= 11 is 0. The van der Waals surface area contributed by atoms with Gasteiger partial charge in [0.2, 0.25) is 6.79 Å². The van der Waals surface area contributed by atoms with Gasteiger partial charge < -0.3 is 20.9 Å². The third-order valence-electron chi connectivity index (χ3n) is 1.59. The summed E-state index contributed by atoms with van der Waals surface area (Å²) in [6, 6.07) is -0.765. The minimum Gasteiger partial charge on any atom is -0.427 e. The third-order valence-corrected chi connectivity index (χ3v) is 1.59. The molecule has 0 aliphatic carbocycles. The molecule has 0 aromatic carbocycles. The number of nitrogens with two attached hydrogens (primary N) is 2. The van der Waals surface area contributed by atoms with E-state index in [1.165, 1.54) is 0 Å². The average Bonchev–Trinajstić information content (AvgIpc) is 2.00. The third kappa shape index (κ3) is 4.66. The Hall–Kier alpha value is -1.30. The molecule has 6 heteroatoms. The predicted molar refractivity (Wildman–Crippen MR) is 49.1 cm³/mol. The van der Waals surface area contributed by atoms with Crippen molar-refractivity contribution < 1.29 is 19.1 Å². The van der Waals surface area contributed by atoms with Gasteiger partial charge in [-0.3, -0.25) is 4.79 Å². The molecule has 0 rings (SSSR count). The maximum atomic E-state index is 11.2. The van der Waals surface area contributed by atoms with Crippen molar-refractivity contribution in [1.82, 2.24) is 0 Å². The van der Waals surface area contributed by atoms with E-state index < -0.39 is 30.3 Å². The van der Waals surface area contributed by atoms with Gasteiger partial charge in [0.25, 0.3) is 0 Å². The quantitative estimate of drug-likeness (QED) is 0.495. The second kappa shape index (κ2) is 4.80. The Morgan fingerprint density at radius 2 is 1.79 bits per heavy atom. The molecular formula is C8H16N2O4. The fourth-order valence-electron chi connectivity index (χ4n) is 0.589. The number of amides is 1. The molecule has 0 heterocycles. The number of primary amides is 1. The van der Waals surface area contributed by atoms with Gasteiger partial charge in [-0.25, -0.2) is 4.79 Å². The standard InChI is InChI=1S/C8H16N2O4/c1-8(2,3)5(9)6(11)13-4-14-7(10)12/h5H,4,9H2,1-3H3,(H2,10,12). The van der Waals surface area contributed by atoms with Gasteiger partial charge in [-0.05, 0) is 5.41 Å². The van der Waals surface area contributed by atoms with Crippen LogP contribution in [-0.4, -0.2) is 24.9 Å². The van der Waals surface area contributed by atoms with E-state index in [9.17, 15) is 9.59 Å². The molecule has 6 nitrogen and oxygen atoms in total. The lowest BCUT2D eigenvalue weighted by Crippen LogP contribution is -2.43. The second-order valence-electron chi connectivity index (χ2n) is 3.89. The molecule has 0 fully saturated rings. The summed E-state index contributed by atoms with van der Waals surface area (Å²) in [5, 5.41) is 0. The maximum absolute atomic E-state index is 11.2. The van der Waals surface area contributed by atoms with Crippen molar-refractivity contribution in [3.8, 4) is 0 Å². The van der Waals surface area contributed by atoms with Crippen molar-refractivity contribution in [2.45, 2.75) is 26.8 Å². The van der Waals surface area contributed by atoms with Crippen LogP contribution in [0.5, 0.6) is 0 Å². The van der Waals surface area contributed by atoms with E-state index in [0.717, 1.165) is 0 Å². The molecule has 0 saturated carbocycles. The topological polar surface area (TPSA) is 105 Å². The van der Waals surface area contributed by atoms with Crippen LogP contribution in [-0.2, 0) is 14.3 Å². The van der Waals surface area contributed by atoms with Crippen LogP contribution >= 0.6 is 0 Å². The fourth-order valence-corrected chi connectivity index (χ4v) is 0.589. The van der Waals surface area contributed by atoms with Crippen molar-refractivity contribution in [3.63, 3.8) is 0 Å². The number of carbonyl (C=O) groups is 2. The molecule has 1 unspecified atom stereocenters. The first-order valence-corrected chi connectivity index (χ1v) is 4.09. The van der Waals surface area contributed by atoms with Crippen molar-refractivity contribution in [1.29, 1.82) is 0 Å². The van der Waals surface area contributed by atoms with Gasteiger partial charge in [-0.2, -0.15) is 0 Å². The summed E-state index contributed by atoms with van der Waals surface area (Å²) in [4.78, 5) is 21.3. The minimum atomic E-state index is -0.998. The molecule has 1 amide bonds. The van der Waals surface area contributed by atoms with Gasteiger partial charge in [-0.15, -0.1) is 0 Å². The van der Waals surface area contributed by atoms with Gasteiger partial charge in [-0.1, -0.05) is 20.8 Å².